The summed E-state index contributed by atoms with van der Waals surface area (Å²) in [5.41, 5.74) is 1.05. The van der Waals surface area contributed by atoms with E-state index >= 15 is 0 Å². The highest BCUT2D eigenvalue weighted by Gasteiger charge is 2.30. The highest BCUT2D eigenvalue weighted by Crippen LogP contribution is 2.39. The molecule has 1 aliphatic rings. The topological polar surface area (TPSA) is 126 Å². The first-order chi connectivity index (χ1) is 14.4. The minimum Gasteiger partial charge on any atom is -0.475 e. The zero-order valence-corrected chi connectivity index (χ0v) is 17.9. The van der Waals surface area contributed by atoms with Gasteiger partial charge in [0, 0.05) is 4.88 Å². The van der Waals surface area contributed by atoms with Crippen LogP contribution in [0.25, 0.3) is 0 Å². The van der Waals surface area contributed by atoms with E-state index in [1.165, 1.54) is 23.1 Å². The van der Waals surface area contributed by atoms with E-state index in [4.69, 9.17) is 9.47 Å². The Kier molecular flexibility index (Phi) is 6.70. The Morgan fingerprint density at radius 2 is 2.13 bits per heavy atom. The Labute approximate surface area is 177 Å². The number of aromatic nitrogens is 2. The first kappa shape index (κ1) is 21.8. The van der Waals surface area contributed by atoms with Crippen molar-refractivity contribution in [1.29, 1.82) is 0 Å². The Bertz CT molecular complexity index is 967. The van der Waals surface area contributed by atoms with E-state index in [-0.39, 0.29) is 11.6 Å². The molecule has 1 aliphatic carbocycles. The number of esters is 1. The monoisotopic (exact) mass is 436 g/mol. The number of fused-ring (bicyclic) bond motifs is 1. The lowest BCUT2D eigenvalue weighted by atomic mass is 9.95. The Morgan fingerprint density at radius 3 is 2.77 bits per heavy atom. The van der Waals surface area contributed by atoms with Crippen LogP contribution >= 0.6 is 11.3 Å². The van der Waals surface area contributed by atoms with Gasteiger partial charge in [0.15, 0.2) is 0 Å². The minimum absolute atomic E-state index is 0.171. The second-order valence-corrected chi connectivity index (χ2v) is 8.08. The average molecular weight is 436 g/mol. The Hall–Kier alpha value is -2.95. The van der Waals surface area contributed by atoms with Crippen LogP contribution in [-0.4, -0.2) is 40.3 Å². The number of nitrogens with one attached hydrogen (secondary N) is 1. The number of thiophene rings is 1. The molecule has 1 amide bonds. The molecule has 0 saturated heterocycles. The fourth-order valence-electron chi connectivity index (χ4n) is 3.31. The lowest BCUT2D eigenvalue weighted by Crippen LogP contribution is -2.24. The molecule has 1 atom stereocenters. The molecule has 3 rings (SSSR count). The van der Waals surface area contributed by atoms with Crippen molar-refractivity contribution in [2.24, 2.45) is 0 Å². The van der Waals surface area contributed by atoms with Gasteiger partial charge in [0.25, 0.3) is 0 Å². The third-order valence-corrected chi connectivity index (χ3v) is 6.10. The summed E-state index contributed by atoms with van der Waals surface area (Å²) in [5, 5.41) is 18.4. The third-order valence-electron chi connectivity index (χ3n) is 4.90. The van der Waals surface area contributed by atoms with Crippen LogP contribution in [0.4, 0.5) is 10.7 Å². The molecule has 2 aromatic rings. The van der Waals surface area contributed by atoms with E-state index in [9.17, 15) is 19.7 Å². The maximum atomic E-state index is 12.9. The van der Waals surface area contributed by atoms with Crippen LogP contribution < -0.4 is 10.1 Å². The van der Waals surface area contributed by atoms with Crippen molar-refractivity contribution in [3.8, 4) is 5.88 Å². The number of carbonyl (C=O) groups excluding carboxylic acids is 2. The van der Waals surface area contributed by atoms with E-state index in [1.54, 1.807) is 6.92 Å². The molecule has 0 fully saturated rings. The van der Waals surface area contributed by atoms with Crippen LogP contribution in [0.3, 0.4) is 0 Å². The molecule has 0 saturated carbocycles. The summed E-state index contributed by atoms with van der Waals surface area (Å²) in [6.07, 6.45) is 5.52. The van der Waals surface area contributed by atoms with Crippen LogP contribution in [0.15, 0.2) is 6.20 Å². The van der Waals surface area contributed by atoms with Crippen molar-refractivity contribution in [2.45, 2.75) is 52.0 Å². The number of anilines is 1. The summed E-state index contributed by atoms with van der Waals surface area (Å²) < 4.78 is 11.4. The van der Waals surface area contributed by atoms with Gasteiger partial charge in [0.2, 0.25) is 5.91 Å². The maximum absolute atomic E-state index is 12.9. The summed E-state index contributed by atoms with van der Waals surface area (Å²) >= 11 is 1.39. The first-order valence-electron chi connectivity index (χ1n) is 9.77. The largest absolute Gasteiger partial charge is 0.475 e. The third kappa shape index (κ3) is 4.30. The van der Waals surface area contributed by atoms with Crippen LogP contribution in [0, 0.1) is 10.1 Å². The van der Waals surface area contributed by atoms with Crippen molar-refractivity contribution >= 4 is 33.9 Å². The molecule has 0 bridgehead atoms. The lowest BCUT2D eigenvalue weighted by Gasteiger charge is -2.14. The van der Waals surface area contributed by atoms with Gasteiger partial charge in [-0.1, -0.05) is 6.92 Å². The number of aryl methyl sites for hydroxylation is 1. The molecule has 11 heteroatoms. The van der Waals surface area contributed by atoms with Gasteiger partial charge in [-0.2, -0.15) is 0 Å². The number of ether oxygens (including phenoxy) is 2. The van der Waals surface area contributed by atoms with Crippen LogP contribution in [0.2, 0.25) is 0 Å². The molecule has 1 unspecified atom stereocenters. The molecule has 10 nitrogen and oxygen atoms in total. The average Bonchev–Trinajstić information content (AvgIpc) is 3.32. The van der Waals surface area contributed by atoms with Crippen molar-refractivity contribution in [3.05, 3.63) is 32.3 Å². The van der Waals surface area contributed by atoms with Crippen molar-refractivity contribution in [2.75, 3.05) is 19.0 Å². The van der Waals surface area contributed by atoms with Gasteiger partial charge in [0.05, 0.1) is 24.2 Å². The van der Waals surface area contributed by atoms with Gasteiger partial charge in [0.1, 0.15) is 17.2 Å². The molecule has 30 heavy (non-hydrogen) atoms. The smallest absolute Gasteiger partial charge is 0.350 e. The fraction of sp³-hybridized carbons (Fsp3) is 0.526. The number of nitrogens with zero attached hydrogens (tertiary/aromatic N) is 3. The van der Waals surface area contributed by atoms with E-state index in [2.05, 4.69) is 10.4 Å². The second kappa shape index (κ2) is 9.24. The zero-order chi connectivity index (χ0) is 21.8. The number of amides is 1. The molecule has 0 radical (unpaired) electrons. The minimum atomic E-state index is -0.855. The summed E-state index contributed by atoms with van der Waals surface area (Å²) in [7, 11) is 1.27. The number of rotatable bonds is 8. The van der Waals surface area contributed by atoms with Crippen LogP contribution in [0.1, 0.15) is 60.0 Å². The molecular formula is C19H24N4O6S. The number of hydrogen-bond donors (Lipinski definition) is 1. The zero-order valence-electron chi connectivity index (χ0n) is 17.1. The molecule has 2 heterocycles. The molecule has 0 aromatic carbocycles. The number of methoxy groups -OCH3 is 1. The van der Waals surface area contributed by atoms with Crippen molar-refractivity contribution in [3.63, 3.8) is 0 Å². The highest BCUT2D eigenvalue weighted by atomic mass is 32.1. The van der Waals surface area contributed by atoms with Gasteiger partial charge in [-0.15, -0.1) is 16.4 Å². The van der Waals surface area contributed by atoms with Crippen LogP contribution in [0.5, 0.6) is 5.88 Å². The van der Waals surface area contributed by atoms with Crippen molar-refractivity contribution in [1.82, 2.24) is 9.78 Å². The molecule has 162 valence electrons. The summed E-state index contributed by atoms with van der Waals surface area (Å²) in [6, 6.07) is -0.855. The predicted octanol–water partition coefficient (Wildman–Crippen LogP) is 3.51. The van der Waals surface area contributed by atoms with Crippen LogP contribution in [-0.2, 0) is 22.4 Å². The predicted molar refractivity (Wildman–Crippen MR) is 110 cm³/mol. The molecule has 1 N–H and O–H groups in total. The summed E-state index contributed by atoms with van der Waals surface area (Å²) in [5.74, 6) is -1.05. The quantitative estimate of drug-likeness (QED) is 0.381. The SMILES string of the molecule is CCCOC(=O)c1c(NC(=O)C(C)n2cc([N+](=O)[O-])c(OC)n2)sc2c1CCCC2. The first-order valence-corrected chi connectivity index (χ1v) is 10.6. The lowest BCUT2D eigenvalue weighted by molar-refractivity contribution is -0.385. The number of nitro groups is 1. The Morgan fingerprint density at radius 1 is 1.40 bits per heavy atom. The van der Waals surface area contributed by atoms with E-state index < -0.39 is 22.8 Å². The summed E-state index contributed by atoms with van der Waals surface area (Å²) in [6.45, 7) is 3.79. The maximum Gasteiger partial charge on any atom is 0.350 e. The fourth-order valence-corrected chi connectivity index (χ4v) is 4.59. The van der Waals surface area contributed by atoms with Gasteiger partial charge >= 0.3 is 17.5 Å². The molecule has 2 aromatic heterocycles. The van der Waals surface area contributed by atoms with Gasteiger partial charge in [-0.05, 0) is 44.6 Å². The van der Waals surface area contributed by atoms with Gasteiger partial charge in [-0.25, -0.2) is 9.48 Å². The van der Waals surface area contributed by atoms with E-state index in [0.717, 1.165) is 42.3 Å². The van der Waals surface area contributed by atoms with Crippen molar-refractivity contribution < 1.29 is 24.0 Å². The molecule has 0 aliphatic heterocycles. The van der Waals surface area contributed by atoms with Gasteiger partial charge < -0.3 is 14.8 Å². The standard InChI is InChI=1S/C19H24N4O6S/c1-4-9-29-19(25)15-12-7-5-6-8-14(12)30-18(15)20-16(24)11(2)22-10-13(23(26)27)17(21-22)28-3/h10-11H,4-9H2,1-3H3,(H,20,24). The normalized spacial score (nSPS) is 14.0. The Balaban J connectivity index is 1.86. The van der Waals surface area contributed by atoms with Gasteiger partial charge in [-0.3, -0.25) is 14.9 Å². The second-order valence-electron chi connectivity index (χ2n) is 6.98. The van der Waals surface area contributed by atoms with E-state index in [0.29, 0.717) is 23.6 Å². The number of carbonyl (C=O) groups is 2. The highest BCUT2D eigenvalue weighted by molar-refractivity contribution is 7.17. The molecular weight excluding hydrogens is 412 g/mol. The molecule has 0 spiro atoms. The number of hydrogen-bond acceptors (Lipinski definition) is 8. The summed E-state index contributed by atoms with van der Waals surface area (Å²) in [4.78, 5) is 37.1. The van der Waals surface area contributed by atoms with E-state index in [1.807, 2.05) is 6.92 Å².